The quantitative estimate of drug-likeness (QED) is 0.695. The third-order valence-electron chi connectivity index (χ3n) is 2.64. The topological polar surface area (TPSA) is 38.8 Å². The fourth-order valence-electron chi connectivity index (χ4n) is 1.78. The number of likely N-dealkylation sites (tertiary alicyclic amines) is 1. The summed E-state index contributed by atoms with van der Waals surface area (Å²) >= 11 is 8.17. The van der Waals surface area contributed by atoms with Gasteiger partial charge in [-0.05, 0) is 61.6 Å². The van der Waals surface area contributed by atoms with E-state index in [9.17, 15) is 4.79 Å². The second kappa shape index (κ2) is 5.97. The second-order valence-corrected chi connectivity index (χ2v) is 7.41. The maximum atomic E-state index is 11.8. The van der Waals surface area contributed by atoms with Crippen LogP contribution in [0.4, 0.5) is 4.79 Å². The maximum absolute atomic E-state index is 11.8. The summed E-state index contributed by atoms with van der Waals surface area (Å²) in [7, 11) is 0. The Balaban J connectivity index is 1.83. The number of nitrogens with zero attached hydrogens (tertiary/aromatic N) is 1. The van der Waals surface area contributed by atoms with Gasteiger partial charge in [0.1, 0.15) is 17.5 Å². The smallest absolute Gasteiger partial charge is 0.410 e. The van der Waals surface area contributed by atoms with Crippen molar-refractivity contribution in [2.24, 2.45) is 0 Å². The molecule has 0 bridgehead atoms. The minimum atomic E-state index is -0.466. The van der Waals surface area contributed by atoms with Crippen molar-refractivity contribution in [3.8, 4) is 5.75 Å². The minimum absolute atomic E-state index is 0.00298. The molecule has 0 atom stereocenters. The number of halogens is 2. The lowest BCUT2D eigenvalue weighted by Crippen LogP contribution is -2.57. The average molecular weight is 410 g/mol. The van der Waals surface area contributed by atoms with Crippen molar-refractivity contribution in [3.63, 3.8) is 0 Å². The first-order valence-corrected chi connectivity index (χ1v) is 7.79. The van der Waals surface area contributed by atoms with Gasteiger partial charge >= 0.3 is 6.09 Å². The molecule has 1 aromatic rings. The molecule has 1 aliphatic rings. The first kappa shape index (κ1) is 15.7. The molecule has 0 aliphatic carbocycles. The molecule has 0 unspecified atom stereocenters. The first-order chi connectivity index (χ1) is 9.23. The van der Waals surface area contributed by atoms with Crippen LogP contribution >= 0.6 is 34.2 Å². The molecule has 1 fully saturated rings. The Morgan fingerprint density at radius 2 is 2.00 bits per heavy atom. The van der Waals surface area contributed by atoms with Crippen LogP contribution in [0.25, 0.3) is 0 Å². The Kier molecular flexibility index (Phi) is 4.69. The fourth-order valence-corrected chi connectivity index (χ4v) is 2.83. The van der Waals surface area contributed by atoms with Gasteiger partial charge in [0.2, 0.25) is 0 Å². The molecule has 4 nitrogen and oxygen atoms in total. The standard InChI is InChI=1S/C14H17ClINO3/c1-14(2,3)20-13(18)17-7-12(8-17)19-11-5-9(15)4-10(16)6-11/h4-6,12H,7-8H2,1-3H3. The molecule has 1 amide bonds. The highest BCUT2D eigenvalue weighted by molar-refractivity contribution is 14.1. The molecule has 0 radical (unpaired) electrons. The molecule has 6 heteroatoms. The average Bonchev–Trinajstić information content (AvgIpc) is 2.18. The minimum Gasteiger partial charge on any atom is -0.487 e. The van der Waals surface area contributed by atoms with E-state index in [1.807, 2.05) is 32.9 Å². The van der Waals surface area contributed by atoms with Crippen molar-refractivity contribution in [2.45, 2.75) is 32.5 Å². The van der Waals surface area contributed by atoms with Gasteiger partial charge in [0.15, 0.2) is 0 Å². The SMILES string of the molecule is CC(C)(C)OC(=O)N1CC(Oc2cc(Cl)cc(I)c2)C1. The van der Waals surface area contributed by atoms with Crippen molar-refractivity contribution in [1.82, 2.24) is 4.90 Å². The summed E-state index contributed by atoms with van der Waals surface area (Å²) in [6.07, 6.45) is -0.296. The summed E-state index contributed by atoms with van der Waals surface area (Å²) in [5, 5.41) is 0.648. The number of amides is 1. The van der Waals surface area contributed by atoms with Crippen molar-refractivity contribution in [3.05, 3.63) is 26.8 Å². The van der Waals surface area contributed by atoms with Gasteiger partial charge in [0, 0.05) is 8.59 Å². The number of hydrogen-bond donors (Lipinski definition) is 0. The molecule has 0 spiro atoms. The number of hydrogen-bond acceptors (Lipinski definition) is 3. The highest BCUT2D eigenvalue weighted by Crippen LogP contribution is 2.25. The van der Waals surface area contributed by atoms with E-state index < -0.39 is 5.60 Å². The van der Waals surface area contributed by atoms with Crippen LogP contribution in [-0.2, 0) is 4.74 Å². The lowest BCUT2D eigenvalue weighted by atomic mass is 10.1. The third kappa shape index (κ3) is 4.41. The number of rotatable bonds is 2. The molecule has 20 heavy (non-hydrogen) atoms. The Morgan fingerprint density at radius 3 is 2.55 bits per heavy atom. The molecule has 2 rings (SSSR count). The summed E-state index contributed by atoms with van der Waals surface area (Å²) in [5.41, 5.74) is -0.466. The lowest BCUT2D eigenvalue weighted by molar-refractivity contribution is -0.0221. The third-order valence-corrected chi connectivity index (χ3v) is 3.48. The van der Waals surface area contributed by atoms with Gasteiger partial charge in [-0.15, -0.1) is 0 Å². The van der Waals surface area contributed by atoms with Crippen LogP contribution in [0.3, 0.4) is 0 Å². The Bertz CT molecular complexity index is 489. The lowest BCUT2D eigenvalue weighted by Gasteiger charge is -2.39. The molecule has 1 aromatic carbocycles. The maximum Gasteiger partial charge on any atom is 0.410 e. The number of ether oxygens (including phenoxy) is 2. The van der Waals surface area contributed by atoms with Gasteiger partial charge in [-0.3, -0.25) is 0 Å². The molecule has 0 aromatic heterocycles. The molecule has 1 heterocycles. The van der Waals surface area contributed by atoms with Crippen molar-refractivity contribution >= 4 is 40.3 Å². The van der Waals surface area contributed by atoms with Crippen molar-refractivity contribution < 1.29 is 14.3 Å². The summed E-state index contributed by atoms with van der Waals surface area (Å²) in [4.78, 5) is 13.4. The summed E-state index contributed by atoms with van der Waals surface area (Å²) in [6.45, 7) is 6.64. The zero-order valence-corrected chi connectivity index (χ0v) is 14.6. The zero-order chi connectivity index (χ0) is 14.9. The molecule has 0 saturated carbocycles. The fraction of sp³-hybridized carbons (Fsp3) is 0.500. The zero-order valence-electron chi connectivity index (χ0n) is 11.7. The summed E-state index contributed by atoms with van der Waals surface area (Å²) < 4.78 is 12.1. The van der Waals surface area contributed by atoms with Gasteiger partial charge in [-0.1, -0.05) is 11.6 Å². The predicted octanol–water partition coefficient (Wildman–Crippen LogP) is 3.94. The normalized spacial score (nSPS) is 15.8. The van der Waals surface area contributed by atoms with Crippen LogP contribution < -0.4 is 4.74 Å². The summed E-state index contributed by atoms with van der Waals surface area (Å²) in [5.74, 6) is 0.732. The van der Waals surface area contributed by atoms with Gasteiger partial charge < -0.3 is 14.4 Å². The van der Waals surface area contributed by atoms with Gasteiger partial charge in [-0.2, -0.15) is 0 Å². The number of benzene rings is 1. The van der Waals surface area contributed by atoms with Gasteiger partial charge in [-0.25, -0.2) is 4.79 Å². The Labute approximate surface area is 137 Å². The van der Waals surface area contributed by atoms with Crippen LogP contribution in [0.15, 0.2) is 18.2 Å². The summed E-state index contributed by atoms with van der Waals surface area (Å²) in [6, 6.07) is 5.56. The van der Waals surface area contributed by atoms with Crippen LogP contribution in [0.2, 0.25) is 5.02 Å². The van der Waals surface area contributed by atoms with E-state index in [2.05, 4.69) is 22.6 Å². The van der Waals surface area contributed by atoms with E-state index in [1.165, 1.54) is 0 Å². The second-order valence-electron chi connectivity index (χ2n) is 5.73. The molecule has 0 N–H and O–H groups in total. The Morgan fingerprint density at radius 1 is 1.35 bits per heavy atom. The molecular formula is C14H17ClINO3. The highest BCUT2D eigenvalue weighted by atomic mass is 127. The van der Waals surface area contributed by atoms with E-state index >= 15 is 0 Å². The highest BCUT2D eigenvalue weighted by Gasteiger charge is 2.35. The predicted molar refractivity (Wildman–Crippen MR) is 86.4 cm³/mol. The van der Waals surface area contributed by atoms with Crippen LogP contribution in [-0.4, -0.2) is 35.8 Å². The van der Waals surface area contributed by atoms with E-state index in [4.69, 9.17) is 21.1 Å². The molecule has 1 saturated heterocycles. The largest absolute Gasteiger partial charge is 0.487 e. The van der Waals surface area contributed by atoms with E-state index in [1.54, 1.807) is 11.0 Å². The van der Waals surface area contributed by atoms with Crippen molar-refractivity contribution in [2.75, 3.05) is 13.1 Å². The number of carbonyl (C=O) groups excluding carboxylic acids is 1. The molecule has 1 aliphatic heterocycles. The van der Waals surface area contributed by atoms with Crippen molar-refractivity contribution in [1.29, 1.82) is 0 Å². The Hall–Kier alpha value is -0.690. The van der Waals surface area contributed by atoms with E-state index in [0.29, 0.717) is 18.1 Å². The van der Waals surface area contributed by atoms with Crippen LogP contribution in [0.5, 0.6) is 5.75 Å². The first-order valence-electron chi connectivity index (χ1n) is 6.33. The van der Waals surface area contributed by atoms with Crippen LogP contribution in [0.1, 0.15) is 20.8 Å². The number of carbonyl (C=O) groups is 1. The van der Waals surface area contributed by atoms with Crippen LogP contribution in [0, 0.1) is 3.57 Å². The van der Waals surface area contributed by atoms with Gasteiger partial charge in [0.25, 0.3) is 0 Å². The van der Waals surface area contributed by atoms with E-state index in [0.717, 1.165) is 9.32 Å². The van der Waals surface area contributed by atoms with E-state index in [-0.39, 0.29) is 12.2 Å². The molecular weight excluding hydrogens is 393 g/mol. The molecule has 110 valence electrons. The van der Waals surface area contributed by atoms with Gasteiger partial charge in [0.05, 0.1) is 13.1 Å². The monoisotopic (exact) mass is 409 g/mol.